The van der Waals surface area contributed by atoms with Gasteiger partial charge < -0.3 is 9.32 Å². The summed E-state index contributed by atoms with van der Waals surface area (Å²) >= 11 is 0. The molecule has 1 heterocycles. The predicted molar refractivity (Wildman–Crippen MR) is 61.3 cm³/mol. The molecule has 5 heteroatoms. The molecule has 2 rings (SSSR count). The van der Waals surface area contributed by atoms with E-state index in [1.54, 1.807) is 18.9 Å². The van der Waals surface area contributed by atoms with E-state index in [1.807, 2.05) is 30.3 Å². The first kappa shape index (κ1) is 11.3. The molecule has 0 atom stereocenters. The summed E-state index contributed by atoms with van der Waals surface area (Å²) < 4.78 is 5.09. The number of amides is 1. The van der Waals surface area contributed by atoms with Crippen molar-refractivity contribution < 1.29 is 9.21 Å². The van der Waals surface area contributed by atoms with Crippen LogP contribution < -0.4 is 0 Å². The van der Waals surface area contributed by atoms with Crippen molar-refractivity contribution in [3.63, 3.8) is 0 Å². The maximum atomic E-state index is 11.9. The Balaban J connectivity index is 2.06. The number of aromatic nitrogens is 2. The molecule has 0 saturated heterocycles. The first-order valence-corrected chi connectivity index (χ1v) is 5.26. The van der Waals surface area contributed by atoms with Crippen LogP contribution in [0.15, 0.2) is 34.7 Å². The van der Waals surface area contributed by atoms with E-state index in [0.29, 0.717) is 12.4 Å². The third-order valence-corrected chi connectivity index (χ3v) is 2.32. The Hall–Kier alpha value is -2.17. The third-order valence-electron chi connectivity index (χ3n) is 2.32. The minimum atomic E-state index is -0.269. The molecule has 2 aromatic rings. The van der Waals surface area contributed by atoms with Crippen LogP contribution in [-0.4, -0.2) is 28.1 Å². The highest BCUT2D eigenvalue weighted by molar-refractivity contribution is 5.89. The molecule has 1 aromatic heterocycles. The lowest BCUT2D eigenvalue weighted by Gasteiger charge is -2.14. The second kappa shape index (κ2) is 4.78. The van der Waals surface area contributed by atoms with Gasteiger partial charge in [0.05, 0.1) is 0 Å². The molecule has 0 bridgehead atoms. The molecule has 0 saturated carbocycles. The molecule has 0 spiro atoms. The minimum Gasteiger partial charge on any atom is -0.417 e. The number of nitrogens with zero attached hydrogens (tertiary/aromatic N) is 3. The van der Waals surface area contributed by atoms with Gasteiger partial charge in [-0.15, -0.1) is 10.2 Å². The van der Waals surface area contributed by atoms with Gasteiger partial charge in [-0.25, -0.2) is 0 Å². The van der Waals surface area contributed by atoms with E-state index in [9.17, 15) is 4.79 Å². The van der Waals surface area contributed by atoms with Gasteiger partial charge in [-0.05, 0) is 5.56 Å². The van der Waals surface area contributed by atoms with Gasteiger partial charge in [-0.1, -0.05) is 30.3 Å². The predicted octanol–water partition coefficient (Wildman–Crippen LogP) is 1.65. The molecule has 0 aliphatic rings. The normalized spacial score (nSPS) is 10.2. The number of aryl methyl sites for hydroxylation is 1. The number of carbonyl (C=O) groups is 1. The van der Waals surface area contributed by atoms with Crippen LogP contribution in [0.25, 0.3) is 0 Å². The molecule has 1 amide bonds. The Morgan fingerprint density at radius 2 is 2.00 bits per heavy atom. The van der Waals surface area contributed by atoms with Crippen LogP contribution in [0.5, 0.6) is 0 Å². The second-order valence-electron chi connectivity index (χ2n) is 3.77. The molecule has 0 fully saturated rings. The van der Waals surface area contributed by atoms with Crippen molar-refractivity contribution >= 4 is 5.91 Å². The van der Waals surface area contributed by atoms with E-state index in [0.717, 1.165) is 5.56 Å². The zero-order valence-electron chi connectivity index (χ0n) is 9.75. The average Bonchev–Trinajstić information content (AvgIpc) is 2.76. The van der Waals surface area contributed by atoms with Crippen LogP contribution in [0, 0.1) is 6.92 Å². The molecule has 0 unspecified atom stereocenters. The Morgan fingerprint density at radius 1 is 1.29 bits per heavy atom. The maximum absolute atomic E-state index is 11.9. The van der Waals surface area contributed by atoms with E-state index in [4.69, 9.17) is 4.42 Å². The average molecular weight is 231 g/mol. The van der Waals surface area contributed by atoms with Gasteiger partial charge in [0.15, 0.2) is 0 Å². The van der Waals surface area contributed by atoms with Crippen LogP contribution in [0.2, 0.25) is 0 Å². The van der Waals surface area contributed by atoms with Crippen LogP contribution in [-0.2, 0) is 6.54 Å². The van der Waals surface area contributed by atoms with E-state index < -0.39 is 0 Å². The Bertz CT molecular complexity index is 507. The van der Waals surface area contributed by atoms with Crippen molar-refractivity contribution in [2.45, 2.75) is 13.5 Å². The highest BCUT2D eigenvalue weighted by Crippen LogP contribution is 2.07. The van der Waals surface area contributed by atoms with Crippen LogP contribution >= 0.6 is 0 Å². The Morgan fingerprint density at radius 3 is 2.59 bits per heavy atom. The summed E-state index contributed by atoms with van der Waals surface area (Å²) in [7, 11) is 1.70. The summed E-state index contributed by atoms with van der Waals surface area (Å²) in [5, 5.41) is 7.33. The standard InChI is InChI=1S/C12H13N3O2/c1-9-13-14-11(17-9)12(16)15(2)8-10-6-4-3-5-7-10/h3-7H,8H2,1-2H3. The fourth-order valence-corrected chi connectivity index (χ4v) is 1.48. The summed E-state index contributed by atoms with van der Waals surface area (Å²) in [6.45, 7) is 2.17. The van der Waals surface area contributed by atoms with Gasteiger partial charge in [-0.3, -0.25) is 4.79 Å². The first-order valence-electron chi connectivity index (χ1n) is 5.26. The monoisotopic (exact) mass is 231 g/mol. The van der Waals surface area contributed by atoms with Gasteiger partial charge in [-0.2, -0.15) is 0 Å². The van der Waals surface area contributed by atoms with Crippen molar-refractivity contribution in [3.05, 3.63) is 47.7 Å². The number of benzene rings is 1. The van der Waals surface area contributed by atoms with Gasteiger partial charge in [0.2, 0.25) is 5.89 Å². The fraction of sp³-hybridized carbons (Fsp3) is 0.250. The number of rotatable bonds is 3. The van der Waals surface area contributed by atoms with Crippen molar-refractivity contribution in [3.8, 4) is 0 Å². The lowest BCUT2D eigenvalue weighted by molar-refractivity contribution is 0.0744. The van der Waals surface area contributed by atoms with Gasteiger partial charge in [0.25, 0.3) is 0 Å². The summed E-state index contributed by atoms with van der Waals surface area (Å²) in [4.78, 5) is 13.4. The highest BCUT2D eigenvalue weighted by Gasteiger charge is 2.18. The summed E-state index contributed by atoms with van der Waals surface area (Å²) in [5.41, 5.74) is 1.06. The van der Waals surface area contributed by atoms with Crippen LogP contribution in [0.3, 0.4) is 0 Å². The summed E-state index contributed by atoms with van der Waals surface area (Å²) in [6, 6.07) is 9.73. The summed E-state index contributed by atoms with van der Waals surface area (Å²) in [5.74, 6) is 0.150. The Labute approximate surface area is 99.1 Å². The molecule has 88 valence electrons. The topological polar surface area (TPSA) is 59.2 Å². The Kier molecular flexibility index (Phi) is 3.18. The maximum Gasteiger partial charge on any atom is 0.311 e. The van der Waals surface area contributed by atoms with Gasteiger partial charge >= 0.3 is 11.8 Å². The zero-order valence-corrected chi connectivity index (χ0v) is 9.75. The number of hydrogen-bond acceptors (Lipinski definition) is 4. The second-order valence-corrected chi connectivity index (χ2v) is 3.77. The molecule has 5 nitrogen and oxygen atoms in total. The quantitative estimate of drug-likeness (QED) is 0.805. The number of hydrogen-bond donors (Lipinski definition) is 0. The van der Waals surface area contributed by atoms with Crippen molar-refractivity contribution in [1.29, 1.82) is 0 Å². The molecule has 0 aliphatic heterocycles. The zero-order chi connectivity index (χ0) is 12.3. The van der Waals surface area contributed by atoms with Crippen molar-refractivity contribution in [2.24, 2.45) is 0 Å². The molecule has 1 aromatic carbocycles. The highest BCUT2D eigenvalue weighted by atomic mass is 16.4. The molecular formula is C12H13N3O2. The lowest BCUT2D eigenvalue weighted by Crippen LogP contribution is -2.26. The van der Waals surface area contributed by atoms with Crippen LogP contribution in [0.4, 0.5) is 0 Å². The largest absolute Gasteiger partial charge is 0.417 e. The van der Waals surface area contributed by atoms with Crippen molar-refractivity contribution in [1.82, 2.24) is 15.1 Å². The summed E-state index contributed by atoms with van der Waals surface area (Å²) in [6.07, 6.45) is 0. The minimum absolute atomic E-state index is 0.0286. The fourth-order valence-electron chi connectivity index (χ4n) is 1.48. The third kappa shape index (κ3) is 2.69. The van der Waals surface area contributed by atoms with E-state index in [1.165, 1.54) is 0 Å². The molecular weight excluding hydrogens is 218 g/mol. The van der Waals surface area contributed by atoms with Gasteiger partial charge in [0.1, 0.15) is 0 Å². The molecule has 17 heavy (non-hydrogen) atoms. The van der Waals surface area contributed by atoms with Crippen molar-refractivity contribution in [2.75, 3.05) is 7.05 Å². The SMILES string of the molecule is Cc1nnc(C(=O)N(C)Cc2ccccc2)o1. The van der Waals surface area contributed by atoms with E-state index >= 15 is 0 Å². The smallest absolute Gasteiger partial charge is 0.311 e. The lowest BCUT2D eigenvalue weighted by atomic mass is 10.2. The van der Waals surface area contributed by atoms with E-state index in [2.05, 4.69) is 10.2 Å². The number of carbonyl (C=O) groups excluding carboxylic acids is 1. The van der Waals surface area contributed by atoms with Crippen LogP contribution in [0.1, 0.15) is 22.1 Å². The molecule has 0 radical (unpaired) electrons. The molecule has 0 aliphatic carbocycles. The first-order chi connectivity index (χ1) is 8.16. The van der Waals surface area contributed by atoms with Gasteiger partial charge in [0, 0.05) is 20.5 Å². The molecule has 0 N–H and O–H groups in total. The van der Waals surface area contributed by atoms with E-state index in [-0.39, 0.29) is 11.8 Å².